The summed E-state index contributed by atoms with van der Waals surface area (Å²) in [6.45, 7) is 0. The molecule has 3 heteroatoms. The molecule has 0 bridgehead atoms. The Balaban J connectivity index is 0.000000127. The molecule has 0 spiro atoms. The summed E-state index contributed by atoms with van der Waals surface area (Å²) in [6, 6.07) is 11.7. The topological polar surface area (TPSA) is 26.0 Å². The Kier molecular flexibility index (Phi) is 4.16. The lowest BCUT2D eigenvalue weighted by molar-refractivity contribution is 0.420. The van der Waals surface area contributed by atoms with Crippen LogP contribution in [0.1, 0.15) is 0 Å². The van der Waals surface area contributed by atoms with Crippen LogP contribution in [0.5, 0.6) is 0 Å². The molecule has 0 fully saturated rings. The van der Waals surface area contributed by atoms with Gasteiger partial charge >= 0.3 is 0 Å². The molecule has 1 heterocycles. The quantitative estimate of drug-likeness (QED) is 0.689. The molecule has 0 aliphatic heterocycles. The van der Waals surface area contributed by atoms with E-state index in [0.29, 0.717) is 0 Å². The van der Waals surface area contributed by atoms with Crippen molar-refractivity contribution in [1.82, 2.24) is 5.16 Å². The van der Waals surface area contributed by atoms with Gasteiger partial charge < -0.3 is 4.52 Å². The first-order valence-corrected chi connectivity index (χ1v) is 4.24. The monoisotopic (exact) mass is 225 g/mol. The normalized spacial score (nSPS) is 8.42. The first-order chi connectivity index (χ1) is 5.89. The van der Waals surface area contributed by atoms with E-state index in [4.69, 9.17) is 0 Å². The van der Waals surface area contributed by atoms with Crippen LogP contribution in [0, 0.1) is 0 Å². The predicted molar refractivity (Wildman–Crippen MR) is 50.6 cm³/mol. The second kappa shape index (κ2) is 5.55. The fourth-order valence-corrected chi connectivity index (χ4v) is 0.896. The number of hydrogen-bond donors (Lipinski definition) is 0. The number of benzene rings is 1. The summed E-state index contributed by atoms with van der Waals surface area (Å²) in [5.74, 6) is 0. The summed E-state index contributed by atoms with van der Waals surface area (Å²) in [6.07, 6.45) is 3.10. The van der Waals surface area contributed by atoms with Crippen molar-refractivity contribution < 1.29 is 4.52 Å². The van der Waals surface area contributed by atoms with Crippen molar-refractivity contribution >= 4 is 15.9 Å². The molecular weight excluding hydrogens is 218 g/mol. The van der Waals surface area contributed by atoms with Gasteiger partial charge in [0.15, 0.2) is 0 Å². The molecule has 12 heavy (non-hydrogen) atoms. The molecular formula is C9H8BrNO. The molecule has 0 saturated carbocycles. The average molecular weight is 226 g/mol. The molecule has 0 radical (unpaired) electrons. The number of halogens is 1. The van der Waals surface area contributed by atoms with Crippen LogP contribution in [-0.2, 0) is 0 Å². The van der Waals surface area contributed by atoms with Crippen LogP contribution in [0.4, 0.5) is 0 Å². The van der Waals surface area contributed by atoms with Gasteiger partial charge in [-0.15, -0.1) is 0 Å². The maximum Gasteiger partial charge on any atom is 0.123 e. The van der Waals surface area contributed by atoms with E-state index in [0.717, 1.165) is 4.47 Å². The van der Waals surface area contributed by atoms with Crippen molar-refractivity contribution in [2.75, 3.05) is 0 Å². The van der Waals surface area contributed by atoms with E-state index in [1.807, 2.05) is 30.3 Å². The van der Waals surface area contributed by atoms with E-state index >= 15 is 0 Å². The smallest absolute Gasteiger partial charge is 0.123 e. The zero-order valence-corrected chi connectivity index (χ0v) is 7.94. The largest absolute Gasteiger partial charge is 0.365 e. The van der Waals surface area contributed by atoms with Crippen molar-refractivity contribution in [3.63, 3.8) is 0 Å². The van der Waals surface area contributed by atoms with E-state index in [-0.39, 0.29) is 0 Å². The molecule has 0 N–H and O–H groups in total. The molecule has 0 saturated heterocycles. The molecule has 1 aromatic heterocycles. The third-order valence-electron chi connectivity index (χ3n) is 1.08. The summed E-state index contributed by atoms with van der Waals surface area (Å²) in [7, 11) is 0. The molecule has 1 aromatic carbocycles. The molecule has 62 valence electrons. The lowest BCUT2D eigenvalue weighted by Crippen LogP contribution is -1.55. The maximum absolute atomic E-state index is 4.33. The molecule has 0 aliphatic carbocycles. The minimum Gasteiger partial charge on any atom is -0.365 e. The Morgan fingerprint density at radius 3 is 2.08 bits per heavy atom. The van der Waals surface area contributed by atoms with Crippen molar-refractivity contribution in [2.24, 2.45) is 0 Å². The minimum atomic E-state index is 1.13. The van der Waals surface area contributed by atoms with Gasteiger partial charge in [0.05, 0.1) is 6.20 Å². The highest BCUT2D eigenvalue weighted by Crippen LogP contribution is 2.05. The van der Waals surface area contributed by atoms with Crippen molar-refractivity contribution in [3.05, 3.63) is 53.3 Å². The Hall–Kier alpha value is -1.09. The molecule has 0 unspecified atom stereocenters. The van der Waals surface area contributed by atoms with Crippen molar-refractivity contribution in [3.8, 4) is 0 Å². The Labute approximate surface area is 79.3 Å². The zero-order chi connectivity index (χ0) is 8.65. The predicted octanol–water partition coefficient (Wildman–Crippen LogP) is 3.12. The van der Waals surface area contributed by atoms with Crippen LogP contribution in [0.25, 0.3) is 0 Å². The molecule has 2 aromatic rings. The molecule has 0 amide bonds. The van der Waals surface area contributed by atoms with Crippen molar-refractivity contribution in [1.29, 1.82) is 0 Å². The minimum absolute atomic E-state index is 1.13. The number of rotatable bonds is 0. The van der Waals surface area contributed by atoms with E-state index in [1.54, 1.807) is 12.3 Å². The highest BCUT2D eigenvalue weighted by atomic mass is 79.9. The lowest BCUT2D eigenvalue weighted by Gasteiger charge is -1.80. The average Bonchev–Trinajstić information content (AvgIpc) is 2.62. The first-order valence-electron chi connectivity index (χ1n) is 3.44. The molecule has 2 nitrogen and oxygen atoms in total. The van der Waals surface area contributed by atoms with Gasteiger partial charge in [0.2, 0.25) is 0 Å². The van der Waals surface area contributed by atoms with Crippen LogP contribution >= 0.6 is 15.9 Å². The van der Waals surface area contributed by atoms with Crippen LogP contribution in [-0.4, -0.2) is 5.16 Å². The van der Waals surface area contributed by atoms with Gasteiger partial charge in [-0.05, 0) is 18.2 Å². The summed E-state index contributed by atoms with van der Waals surface area (Å²) < 4.78 is 5.47. The fraction of sp³-hybridized carbons (Fsp3) is 0. The molecule has 2 rings (SSSR count). The zero-order valence-electron chi connectivity index (χ0n) is 6.35. The Morgan fingerprint density at radius 1 is 1.08 bits per heavy atom. The third kappa shape index (κ3) is 3.93. The van der Waals surface area contributed by atoms with E-state index in [2.05, 4.69) is 25.6 Å². The second-order valence-electron chi connectivity index (χ2n) is 1.98. The summed E-state index contributed by atoms with van der Waals surface area (Å²) in [5.41, 5.74) is 0. The highest BCUT2D eigenvalue weighted by Gasteiger charge is 1.74. The van der Waals surface area contributed by atoms with Gasteiger partial charge in [-0.2, -0.15) is 0 Å². The number of nitrogens with zero attached hydrogens (tertiary/aromatic N) is 1. The Morgan fingerprint density at radius 2 is 1.83 bits per heavy atom. The third-order valence-corrected chi connectivity index (χ3v) is 1.61. The SMILES string of the molecule is Brc1ccccc1.c1cnoc1. The number of hydrogen-bond acceptors (Lipinski definition) is 2. The highest BCUT2D eigenvalue weighted by molar-refractivity contribution is 9.10. The standard InChI is InChI=1S/C6H5Br.C3H3NO/c7-6-4-2-1-3-5-6;1-2-4-5-3-1/h1-5H;1-3H. The Bertz CT molecular complexity index is 263. The van der Waals surface area contributed by atoms with Crippen LogP contribution < -0.4 is 0 Å². The van der Waals surface area contributed by atoms with Gasteiger partial charge in [-0.3, -0.25) is 0 Å². The summed E-state index contributed by atoms with van der Waals surface area (Å²) in [5, 5.41) is 3.35. The van der Waals surface area contributed by atoms with Crippen LogP contribution in [0.2, 0.25) is 0 Å². The van der Waals surface area contributed by atoms with Crippen LogP contribution in [0.15, 0.2) is 57.9 Å². The van der Waals surface area contributed by atoms with Crippen LogP contribution in [0.3, 0.4) is 0 Å². The van der Waals surface area contributed by atoms with Gasteiger partial charge in [-0.25, -0.2) is 0 Å². The maximum atomic E-state index is 4.33. The van der Waals surface area contributed by atoms with Gasteiger partial charge in [0.1, 0.15) is 6.26 Å². The lowest BCUT2D eigenvalue weighted by atomic mass is 10.4. The molecule has 0 atom stereocenters. The molecule has 0 aliphatic rings. The fourth-order valence-electron chi connectivity index (χ4n) is 0.590. The summed E-state index contributed by atoms with van der Waals surface area (Å²) in [4.78, 5) is 0. The van der Waals surface area contributed by atoms with Gasteiger partial charge in [0.25, 0.3) is 0 Å². The van der Waals surface area contributed by atoms with Gasteiger partial charge in [0, 0.05) is 4.47 Å². The number of aromatic nitrogens is 1. The van der Waals surface area contributed by atoms with E-state index in [9.17, 15) is 0 Å². The van der Waals surface area contributed by atoms with E-state index in [1.165, 1.54) is 6.26 Å². The summed E-state index contributed by atoms with van der Waals surface area (Å²) >= 11 is 3.31. The van der Waals surface area contributed by atoms with Crippen molar-refractivity contribution in [2.45, 2.75) is 0 Å². The van der Waals surface area contributed by atoms with Gasteiger partial charge in [-0.1, -0.05) is 39.3 Å². The second-order valence-corrected chi connectivity index (χ2v) is 2.90. The van der Waals surface area contributed by atoms with E-state index < -0.39 is 0 Å². The first kappa shape index (κ1) is 9.00.